The quantitative estimate of drug-likeness (QED) is 0.546. The van der Waals surface area contributed by atoms with Crippen molar-refractivity contribution in [3.8, 4) is 0 Å². The summed E-state index contributed by atoms with van der Waals surface area (Å²) in [6.07, 6.45) is 7.18. The van der Waals surface area contributed by atoms with E-state index in [1.165, 1.54) is 25.7 Å². The predicted octanol–water partition coefficient (Wildman–Crippen LogP) is 5.52. The van der Waals surface area contributed by atoms with Gasteiger partial charge in [-0.05, 0) is 40.9 Å². The van der Waals surface area contributed by atoms with Crippen LogP contribution in [0.25, 0.3) is 0 Å². The maximum atomic E-state index is 2.53. The second-order valence-corrected chi connectivity index (χ2v) is 7.57. The molecular weight excluding hydrogens is 204 g/mol. The molecule has 5 atom stereocenters. The van der Waals surface area contributed by atoms with E-state index in [4.69, 9.17) is 0 Å². The fourth-order valence-corrected chi connectivity index (χ4v) is 4.64. The van der Waals surface area contributed by atoms with E-state index in [-0.39, 0.29) is 0 Å². The van der Waals surface area contributed by atoms with Crippen molar-refractivity contribution in [2.24, 2.45) is 34.5 Å². The van der Waals surface area contributed by atoms with Gasteiger partial charge < -0.3 is 0 Å². The minimum Gasteiger partial charge on any atom is -0.0654 e. The summed E-state index contributed by atoms with van der Waals surface area (Å²) in [5, 5.41) is 0. The van der Waals surface area contributed by atoms with Gasteiger partial charge in [0.2, 0.25) is 0 Å². The lowest BCUT2D eigenvalue weighted by Gasteiger charge is -2.37. The molecule has 0 nitrogen and oxygen atoms in total. The molecule has 0 heterocycles. The minimum atomic E-state index is 0.581. The van der Waals surface area contributed by atoms with E-state index in [1.807, 2.05) is 0 Å². The maximum absolute atomic E-state index is 2.53. The van der Waals surface area contributed by atoms with E-state index >= 15 is 0 Å². The molecule has 0 heteroatoms. The zero-order valence-electron chi connectivity index (χ0n) is 12.8. The van der Waals surface area contributed by atoms with Gasteiger partial charge in [0.25, 0.3) is 0 Å². The number of hydrogen-bond donors (Lipinski definition) is 0. The summed E-state index contributed by atoms with van der Waals surface area (Å²) in [5.74, 6) is 4.03. The molecule has 0 radical (unpaired) electrons. The molecule has 0 amide bonds. The largest absolute Gasteiger partial charge is 0.0654 e. The van der Waals surface area contributed by atoms with Gasteiger partial charge in [0, 0.05) is 0 Å². The van der Waals surface area contributed by atoms with Crippen LogP contribution >= 0.6 is 0 Å². The molecule has 0 spiro atoms. The first-order valence-electron chi connectivity index (χ1n) is 7.92. The highest BCUT2D eigenvalue weighted by atomic mass is 14.9. The van der Waals surface area contributed by atoms with Crippen LogP contribution in [0, 0.1) is 34.5 Å². The standard InChI is InChI=1S/C17H32/c1-7-9-10-13(4)17-11-14(17)15(17)16(5,6)12(3)8-2/h12-15H,7-11H2,1-6H3. The third-order valence-corrected chi connectivity index (χ3v) is 6.57. The first-order chi connectivity index (χ1) is 7.92. The van der Waals surface area contributed by atoms with E-state index in [9.17, 15) is 0 Å². The predicted molar refractivity (Wildman–Crippen MR) is 76.0 cm³/mol. The Morgan fingerprint density at radius 2 is 1.88 bits per heavy atom. The molecular formula is C17H32. The Labute approximate surface area is 109 Å². The van der Waals surface area contributed by atoms with Crippen molar-refractivity contribution in [1.29, 1.82) is 0 Å². The molecule has 0 aromatic heterocycles. The highest BCUT2D eigenvalue weighted by Gasteiger charge is 2.82. The van der Waals surface area contributed by atoms with Gasteiger partial charge in [-0.3, -0.25) is 0 Å². The van der Waals surface area contributed by atoms with Crippen molar-refractivity contribution in [3.05, 3.63) is 0 Å². The first-order valence-corrected chi connectivity index (χ1v) is 7.92. The molecule has 0 saturated heterocycles. The zero-order chi connectivity index (χ0) is 12.8. The summed E-state index contributed by atoms with van der Waals surface area (Å²) in [4.78, 5) is 0. The Morgan fingerprint density at radius 3 is 2.35 bits per heavy atom. The molecule has 0 aliphatic heterocycles. The lowest BCUT2D eigenvalue weighted by molar-refractivity contribution is 0.115. The van der Waals surface area contributed by atoms with Gasteiger partial charge in [-0.1, -0.05) is 67.2 Å². The molecule has 2 rings (SSSR count). The average Bonchev–Trinajstić information content (AvgIpc) is 3.12. The number of unbranched alkanes of at least 4 members (excludes halogenated alkanes) is 1. The Morgan fingerprint density at radius 1 is 1.24 bits per heavy atom. The summed E-state index contributed by atoms with van der Waals surface area (Å²) >= 11 is 0. The van der Waals surface area contributed by atoms with Crippen LogP contribution in [-0.4, -0.2) is 0 Å². The normalized spacial score (nSPS) is 38.5. The number of fused-ring (bicyclic) bond motifs is 1. The molecule has 0 bridgehead atoms. The molecule has 17 heavy (non-hydrogen) atoms. The van der Waals surface area contributed by atoms with E-state index in [2.05, 4.69) is 41.5 Å². The lowest BCUT2D eigenvalue weighted by atomic mass is 9.68. The summed E-state index contributed by atoms with van der Waals surface area (Å²) in [5.41, 5.74) is 1.39. The van der Waals surface area contributed by atoms with Gasteiger partial charge in [-0.25, -0.2) is 0 Å². The molecule has 2 saturated carbocycles. The average molecular weight is 236 g/mol. The molecule has 2 aliphatic carbocycles. The lowest BCUT2D eigenvalue weighted by Crippen LogP contribution is -2.30. The van der Waals surface area contributed by atoms with Gasteiger partial charge in [0.1, 0.15) is 0 Å². The summed E-state index contributed by atoms with van der Waals surface area (Å²) in [7, 11) is 0. The van der Waals surface area contributed by atoms with Crippen LogP contribution in [0.1, 0.15) is 73.6 Å². The van der Waals surface area contributed by atoms with E-state index < -0.39 is 0 Å². The molecule has 2 aliphatic rings. The van der Waals surface area contributed by atoms with Crippen molar-refractivity contribution in [3.63, 3.8) is 0 Å². The van der Waals surface area contributed by atoms with Gasteiger partial charge >= 0.3 is 0 Å². The topological polar surface area (TPSA) is 0 Å². The van der Waals surface area contributed by atoms with Crippen LogP contribution in [0.5, 0.6) is 0 Å². The van der Waals surface area contributed by atoms with Crippen molar-refractivity contribution < 1.29 is 0 Å². The number of hydrogen-bond acceptors (Lipinski definition) is 0. The van der Waals surface area contributed by atoms with Crippen molar-refractivity contribution >= 4 is 0 Å². The van der Waals surface area contributed by atoms with Crippen LogP contribution in [-0.2, 0) is 0 Å². The SMILES string of the molecule is CCCCC(C)C12CC1C2C(C)(C)C(C)CC. The molecule has 0 aromatic rings. The highest BCUT2D eigenvalue weighted by Crippen LogP contribution is 2.88. The van der Waals surface area contributed by atoms with E-state index in [1.54, 1.807) is 6.42 Å². The zero-order valence-corrected chi connectivity index (χ0v) is 12.8. The molecule has 5 unspecified atom stereocenters. The van der Waals surface area contributed by atoms with Crippen molar-refractivity contribution in [2.45, 2.75) is 73.6 Å². The van der Waals surface area contributed by atoms with Gasteiger partial charge in [0.05, 0.1) is 0 Å². The second kappa shape index (κ2) is 4.28. The van der Waals surface area contributed by atoms with E-state index in [0.29, 0.717) is 5.41 Å². The van der Waals surface area contributed by atoms with Crippen molar-refractivity contribution in [1.82, 2.24) is 0 Å². The van der Waals surface area contributed by atoms with Crippen LogP contribution in [0.2, 0.25) is 0 Å². The van der Waals surface area contributed by atoms with Crippen LogP contribution < -0.4 is 0 Å². The summed E-state index contributed by atoms with van der Waals surface area (Å²) in [6.45, 7) is 14.7. The van der Waals surface area contributed by atoms with Crippen molar-refractivity contribution in [2.75, 3.05) is 0 Å². The fourth-order valence-electron chi connectivity index (χ4n) is 4.64. The third-order valence-electron chi connectivity index (χ3n) is 6.57. The molecule has 0 aromatic carbocycles. The van der Waals surface area contributed by atoms with Crippen LogP contribution in [0.15, 0.2) is 0 Å². The smallest absolute Gasteiger partial charge is 0.0201 e. The molecule has 2 fully saturated rings. The maximum Gasteiger partial charge on any atom is -0.0201 e. The summed E-state index contributed by atoms with van der Waals surface area (Å²) in [6, 6.07) is 0. The van der Waals surface area contributed by atoms with Crippen LogP contribution in [0.3, 0.4) is 0 Å². The third kappa shape index (κ3) is 1.87. The minimum absolute atomic E-state index is 0.581. The van der Waals surface area contributed by atoms with Gasteiger partial charge in [0.15, 0.2) is 0 Å². The Kier molecular flexibility index (Phi) is 3.38. The Balaban J connectivity index is 1.95. The highest BCUT2D eigenvalue weighted by molar-refractivity contribution is 5.30. The Hall–Kier alpha value is 0. The second-order valence-electron chi connectivity index (χ2n) is 7.57. The first kappa shape index (κ1) is 13.4. The number of rotatable bonds is 7. The molecule has 0 N–H and O–H groups in total. The van der Waals surface area contributed by atoms with Gasteiger partial charge in [-0.15, -0.1) is 0 Å². The van der Waals surface area contributed by atoms with E-state index in [0.717, 1.165) is 29.1 Å². The summed E-state index contributed by atoms with van der Waals surface area (Å²) < 4.78 is 0. The van der Waals surface area contributed by atoms with Gasteiger partial charge in [-0.2, -0.15) is 0 Å². The molecule has 100 valence electrons. The van der Waals surface area contributed by atoms with Crippen LogP contribution in [0.4, 0.5) is 0 Å². The monoisotopic (exact) mass is 236 g/mol. The Bertz CT molecular complexity index is 278. The fraction of sp³-hybridized carbons (Fsp3) is 1.00.